The fraction of sp³-hybridized carbons (Fsp3) is 0.471. The molecule has 0 bridgehead atoms. The normalized spacial score (nSPS) is 12.1. The molecule has 0 aliphatic heterocycles. The summed E-state index contributed by atoms with van der Waals surface area (Å²) in [5.74, 6) is -0.193. The zero-order valence-electron chi connectivity index (χ0n) is 14.0. The lowest BCUT2D eigenvalue weighted by Crippen LogP contribution is -2.33. The number of carbonyl (C=O) groups excluding carboxylic acids is 1. The Morgan fingerprint density at radius 2 is 2.21 bits per heavy atom. The molecule has 2 aromatic rings. The predicted molar refractivity (Wildman–Crippen MR) is 94.2 cm³/mol. The van der Waals surface area contributed by atoms with Gasteiger partial charge < -0.3 is 15.0 Å². The van der Waals surface area contributed by atoms with E-state index in [2.05, 4.69) is 10.3 Å². The summed E-state index contributed by atoms with van der Waals surface area (Å²) in [4.78, 5) is 29.0. The van der Waals surface area contributed by atoms with Crippen LogP contribution in [-0.4, -0.2) is 33.7 Å². The van der Waals surface area contributed by atoms with E-state index in [0.717, 1.165) is 16.3 Å². The van der Waals surface area contributed by atoms with Crippen molar-refractivity contribution in [3.05, 3.63) is 50.3 Å². The number of nitrogens with zero attached hydrogens (tertiary/aromatic N) is 2. The second-order valence-electron chi connectivity index (χ2n) is 5.79. The molecule has 1 amide bonds. The first-order valence-electron chi connectivity index (χ1n) is 7.95. The number of aromatic nitrogens is 2. The van der Waals surface area contributed by atoms with Gasteiger partial charge in [-0.3, -0.25) is 14.6 Å². The fourth-order valence-electron chi connectivity index (χ4n) is 2.42. The first-order valence-corrected chi connectivity index (χ1v) is 8.77. The van der Waals surface area contributed by atoms with Crippen LogP contribution in [0.25, 0.3) is 0 Å². The molecule has 0 radical (unpaired) electrons. The van der Waals surface area contributed by atoms with E-state index < -0.39 is 0 Å². The zero-order valence-corrected chi connectivity index (χ0v) is 14.8. The number of hydrogen-bond donors (Lipinski definition) is 2. The maximum absolute atomic E-state index is 12.0. The highest BCUT2D eigenvalue weighted by atomic mass is 32.1. The lowest BCUT2D eigenvalue weighted by Gasteiger charge is -2.15. The summed E-state index contributed by atoms with van der Waals surface area (Å²) in [6.07, 6.45) is 2.57. The molecule has 1 atom stereocenters. The van der Waals surface area contributed by atoms with E-state index in [4.69, 9.17) is 0 Å². The minimum Gasteiger partial charge on any atom is -0.396 e. The monoisotopic (exact) mass is 349 g/mol. The molecular formula is C17H23N3O3S. The summed E-state index contributed by atoms with van der Waals surface area (Å²) < 4.78 is 1.64. The number of thiazole rings is 1. The Bertz CT molecular complexity index is 724. The Morgan fingerprint density at radius 1 is 1.42 bits per heavy atom. The third-order valence-corrected chi connectivity index (χ3v) is 5.00. The van der Waals surface area contributed by atoms with Crippen molar-refractivity contribution in [3.8, 4) is 0 Å². The Hall–Kier alpha value is -1.99. The summed E-state index contributed by atoms with van der Waals surface area (Å²) in [5, 5.41) is 12.3. The van der Waals surface area contributed by atoms with Crippen molar-refractivity contribution in [2.75, 3.05) is 13.2 Å². The van der Waals surface area contributed by atoms with Gasteiger partial charge >= 0.3 is 4.87 Å². The molecule has 0 aliphatic rings. The molecule has 6 nitrogen and oxygen atoms in total. The smallest absolute Gasteiger partial charge is 0.307 e. The highest BCUT2D eigenvalue weighted by Gasteiger charge is 2.13. The standard InChI is InChI=1S/C17H23N3O3S/c1-12-13(2)24-17(23)20(12)8-6-16(22)19-10-14(11-21)9-15-5-3-4-7-18-15/h3-5,7,14,21H,6,8-11H2,1-2H3,(H,19,22). The maximum Gasteiger partial charge on any atom is 0.307 e. The van der Waals surface area contributed by atoms with Gasteiger partial charge in [0.2, 0.25) is 5.91 Å². The molecule has 0 aliphatic carbocycles. The number of aliphatic hydroxyl groups excluding tert-OH is 1. The van der Waals surface area contributed by atoms with Crippen LogP contribution in [0.1, 0.15) is 22.7 Å². The fourth-order valence-corrected chi connectivity index (χ4v) is 3.28. The lowest BCUT2D eigenvalue weighted by molar-refractivity contribution is -0.121. The maximum atomic E-state index is 12.0. The molecule has 130 valence electrons. The summed E-state index contributed by atoms with van der Waals surface area (Å²) in [6, 6.07) is 5.64. The highest BCUT2D eigenvalue weighted by Crippen LogP contribution is 2.10. The van der Waals surface area contributed by atoms with Crippen molar-refractivity contribution >= 4 is 17.2 Å². The average Bonchev–Trinajstić information content (AvgIpc) is 2.82. The third-order valence-electron chi connectivity index (χ3n) is 4.01. The first kappa shape index (κ1) is 18.4. The minimum absolute atomic E-state index is 0.0147. The molecule has 0 fully saturated rings. The van der Waals surface area contributed by atoms with E-state index in [-0.39, 0.29) is 29.7 Å². The molecule has 2 rings (SSSR count). The van der Waals surface area contributed by atoms with E-state index in [1.165, 1.54) is 11.3 Å². The summed E-state index contributed by atoms with van der Waals surface area (Å²) in [6.45, 7) is 4.55. The van der Waals surface area contributed by atoms with Gasteiger partial charge in [-0.1, -0.05) is 17.4 Å². The van der Waals surface area contributed by atoms with Gasteiger partial charge in [0.25, 0.3) is 0 Å². The van der Waals surface area contributed by atoms with Crippen LogP contribution in [0.15, 0.2) is 29.2 Å². The number of aliphatic hydroxyl groups is 1. The van der Waals surface area contributed by atoms with Crippen molar-refractivity contribution in [1.29, 1.82) is 0 Å². The molecule has 0 aromatic carbocycles. The van der Waals surface area contributed by atoms with Crippen LogP contribution < -0.4 is 10.2 Å². The third kappa shape index (κ3) is 5.01. The molecule has 24 heavy (non-hydrogen) atoms. The quantitative estimate of drug-likeness (QED) is 0.752. The zero-order chi connectivity index (χ0) is 17.5. The number of amides is 1. The van der Waals surface area contributed by atoms with Crippen molar-refractivity contribution in [3.63, 3.8) is 0 Å². The second kappa shape index (κ2) is 8.75. The van der Waals surface area contributed by atoms with Crippen molar-refractivity contribution in [2.45, 2.75) is 33.2 Å². The molecule has 0 spiro atoms. The molecule has 2 heterocycles. The summed E-state index contributed by atoms with van der Waals surface area (Å²) >= 11 is 1.21. The topological polar surface area (TPSA) is 84.2 Å². The molecule has 1 unspecified atom stereocenters. The lowest BCUT2D eigenvalue weighted by atomic mass is 10.0. The Labute approximate surface area is 145 Å². The van der Waals surface area contributed by atoms with Crippen molar-refractivity contribution in [2.24, 2.45) is 5.92 Å². The van der Waals surface area contributed by atoms with Crippen molar-refractivity contribution in [1.82, 2.24) is 14.9 Å². The number of nitrogens with one attached hydrogen (secondary N) is 1. The van der Waals surface area contributed by atoms with Crippen LogP contribution in [0.4, 0.5) is 0 Å². The SMILES string of the molecule is Cc1sc(=O)n(CCC(=O)NCC(CO)Cc2ccccn2)c1C. The minimum atomic E-state index is -0.121. The molecule has 2 aromatic heterocycles. The van der Waals surface area contributed by atoms with E-state index in [1.54, 1.807) is 10.8 Å². The first-order chi connectivity index (χ1) is 11.5. The predicted octanol–water partition coefficient (Wildman–Crippen LogP) is 1.28. The van der Waals surface area contributed by atoms with Crippen LogP contribution >= 0.6 is 11.3 Å². The van der Waals surface area contributed by atoms with E-state index in [9.17, 15) is 14.7 Å². The van der Waals surface area contributed by atoms with Gasteiger partial charge in [-0.25, -0.2) is 0 Å². The largest absolute Gasteiger partial charge is 0.396 e. The van der Waals surface area contributed by atoms with Crippen LogP contribution in [0.5, 0.6) is 0 Å². The van der Waals surface area contributed by atoms with Gasteiger partial charge in [0.1, 0.15) is 0 Å². The second-order valence-corrected chi connectivity index (χ2v) is 6.95. The van der Waals surface area contributed by atoms with Crippen LogP contribution in [-0.2, 0) is 17.8 Å². The van der Waals surface area contributed by atoms with Gasteiger partial charge in [-0.15, -0.1) is 0 Å². The number of aryl methyl sites for hydroxylation is 1. The molecular weight excluding hydrogens is 326 g/mol. The van der Waals surface area contributed by atoms with Gasteiger partial charge in [-0.05, 0) is 32.4 Å². The highest BCUT2D eigenvalue weighted by molar-refractivity contribution is 7.09. The number of carbonyl (C=O) groups is 1. The number of pyridine rings is 1. The van der Waals surface area contributed by atoms with Crippen LogP contribution in [0.3, 0.4) is 0 Å². The molecule has 7 heteroatoms. The molecule has 0 saturated carbocycles. The van der Waals surface area contributed by atoms with Crippen LogP contribution in [0, 0.1) is 19.8 Å². The number of hydrogen-bond acceptors (Lipinski definition) is 5. The molecule has 2 N–H and O–H groups in total. The van der Waals surface area contributed by atoms with Crippen molar-refractivity contribution < 1.29 is 9.90 Å². The number of rotatable bonds is 8. The van der Waals surface area contributed by atoms with E-state index in [1.807, 2.05) is 32.0 Å². The average molecular weight is 349 g/mol. The van der Waals surface area contributed by atoms with Crippen LogP contribution in [0.2, 0.25) is 0 Å². The Kier molecular flexibility index (Phi) is 6.69. The Balaban J connectivity index is 1.80. The summed E-state index contributed by atoms with van der Waals surface area (Å²) in [7, 11) is 0. The molecule has 0 saturated heterocycles. The Morgan fingerprint density at radius 3 is 2.79 bits per heavy atom. The van der Waals surface area contributed by atoms with Gasteiger partial charge in [0, 0.05) is 54.5 Å². The summed E-state index contributed by atoms with van der Waals surface area (Å²) in [5.41, 5.74) is 1.81. The van der Waals surface area contributed by atoms with Gasteiger partial charge in [0.15, 0.2) is 0 Å². The van der Waals surface area contributed by atoms with Gasteiger partial charge in [-0.2, -0.15) is 0 Å². The van der Waals surface area contributed by atoms with E-state index >= 15 is 0 Å². The van der Waals surface area contributed by atoms with Gasteiger partial charge in [0.05, 0.1) is 0 Å². The van der Waals surface area contributed by atoms with E-state index in [0.29, 0.717) is 19.5 Å².